The molecule has 1 saturated heterocycles. The van der Waals surface area contributed by atoms with E-state index in [-0.39, 0.29) is 41.6 Å². The van der Waals surface area contributed by atoms with Crippen LogP contribution >= 0.6 is 0 Å². The summed E-state index contributed by atoms with van der Waals surface area (Å²) in [6.45, 7) is 6.83. The van der Waals surface area contributed by atoms with Crippen LogP contribution in [0.3, 0.4) is 0 Å². The van der Waals surface area contributed by atoms with E-state index in [1.54, 1.807) is 36.2 Å². The summed E-state index contributed by atoms with van der Waals surface area (Å²) in [4.78, 5) is 26.9. The molecule has 0 saturated carbocycles. The zero-order chi connectivity index (χ0) is 23.5. The van der Waals surface area contributed by atoms with Gasteiger partial charge in [-0.3, -0.25) is 9.59 Å². The van der Waals surface area contributed by atoms with Gasteiger partial charge in [0.2, 0.25) is 21.8 Å². The van der Waals surface area contributed by atoms with Crippen LogP contribution in [0.25, 0.3) is 0 Å². The third-order valence-electron chi connectivity index (χ3n) is 5.87. The Morgan fingerprint density at radius 1 is 1.09 bits per heavy atom. The highest BCUT2D eigenvalue weighted by molar-refractivity contribution is 7.89. The summed E-state index contributed by atoms with van der Waals surface area (Å²) >= 11 is 0. The van der Waals surface area contributed by atoms with Gasteiger partial charge in [0.25, 0.3) is 0 Å². The Bertz CT molecular complexity index is 1060. The summed E-state index contributed by atoms with van der Waals surface area (Å²) in [5.41, 5.74) is 3.00. The van der Waals surface area contributed by atoms with Crippen LogP contribution in [0.15, 0.2) is 53.4 Å². The summed E-state index contributed by atoms with van der Waals surface area (Å²) in [6, 6.07) is 14.4. The molecule has 2 aromatic rings. The van der Waals surface area contributed by atoms with Gasteiger partial charge in [0, 0.05) is 39.1 Å². The smallest absolute Gasteiger partial charge is 0.243 e. The van der Waals surface area contributed by atoms with Crippen LogP contribution in [-0.2, 0) is 32.7 Å². The molecule has 0 aliphatic carbocycles. The van der Waals surface area contributed by atoms with Crippen LogP contribution in [-0.4, -0.2) is 49.1 Å². The predicted molar refractivity (Wildman–Crippen MR) is 123 cm³/mol. The number of amides is 2. The number of nitrogens with zero attached hydrogens (tertiary/aromatic N) is 2. The average molecular weight is 458 g/mol. The molecule has 1 fully saturated rings. The van der Waals surface area contributed by atoms with E-state index in [0.29, 0.717) is 13.1 Å². The van der Waals surface area contributed by atoms with Crippen LogP contribution in [0.1, 0.15) is 37.0 Å². The van der Waals surface area contributed by atoms with E-state index in [9.17, 15) is 18.0 Å². The van der Waals surface area contributed by atoms with Crippen molar-refractivity contribution >= 4 is 21.8 Å². The maximum atomic E-state index is 12.6. The zero-order valence-electron chi connectivity index (χ0n) is 19.0. The Kier molecular flexibility index (Phi) is 7.36. The second-order valence-electron chi connectivity index (χ2n) is 8.64. The molecule has 0 radical (unpaired) electrons. The van der Waals surface area contributed by atoms with Gasteiger partial charge in [0.05, 0.1) is 10.8 Å². The minimum absolute atomic E-state index is 0.0189. The van der Waals surface area contributed by atoms with Crippen LogP contribution in [0.4, 0.5) is 0 Å². The maximum absolute atomic E-state index is 12.6. The van der Waals surface area contributed by atoms with Crippen LogP contribution in [0.2, 0.25) is 0 Å². The van der Waals surface area contributed by atoms with Crippen molar-refractivity contribution in [3.8, 4) is 0 Å². The first-order valence-electron chi connectivity index (χ1n) is 10.8. The second kappa shape index (κ2) is 9.83. The molecule has 1 aliphatic rings. The van der Waals surface area contributed by atoms with Gasteiger partial charge < -0.3 is 10.2 Å². The third-order valence-corrected chi connectivity index (χ3v) is 7.92. The summed E-state index contributed by atoms with van der Waals surface area (Å²) in [6.07, 6.45) is 0.205. The Balaban J connectivity index is 1.54. The zero-order valence-corrected chi connectivity index (χ0v) is 19.9. The number of aryl methyl sites for hydroxylation is 1. The first-order valence-corrected chi connectivity index (χ1v) is 12.2. The summed E-state index contributed by atoms with van der Waals surface area (Å²) in [5.74, 6) is -0.567. The largest absolute Gasteiger partial charge is 0.352 e. The van der Waals surface area contributed by atoms with E-state index in [1.165, 1.54) is 4.31 Å². The van der Waals surface area contributed by atoms with Crippen molar-refractivity contribution in [2.75, 3.05) is 13.6 Å². The number of hydrogen-bond donors (Lipinski definition) is 1. The molecule has 0 bridgehead atoms. The topological polar surface area (TPSA) is 86.8 Å². The fourth-order valence-corrected chi connectivity index (χ4v) is 4.94. The minimum atomic E-state index is -3.54. The lowest BCUT2D eigenvalue weighted by atomic mass is 10.1. The van der Waals surface area contributed by atoms with E-state index in [1.807, 2.05) is 45.0 Å². The molecule has 1 atom stereocenters. The molecule has 2 aromatic carbocycles. The molecule has 0 spiro atoms. The van der Waals surface area contributed by atoms with Gasteiger partial charge in [0.15, 0.2) is 0 Å². The maximum Gasteiger partial charge on any atom is 0.243 e. The molecule has 1 unspecified atom stereocenters. The van der Waals surface area contributed by atoms with Crippen molar-refractivity contribution in [2.45, 2.75) is 51.2 Å². The highest BCUT2D eigenvalue weighted by Crippen LogP contribution is 2.21. The van der Waals surface area contributed by atoms with Gasteiger partial charge in [-0.2, -0.15) is 4.31 Å². The average Bonchev–Trinajstić information content (AvgIpc) is 3.13. The highest BCUT2D eigenvalue weighted by Gasteiger charge is 2.34. The Morgan fingerprint density at radius 2 is 1.69 bits per heavy atom. The van der Waals surface area contributed by atoms with Gasteiger partial charge >= 0.3 is 0 Å². The van der Waals surface area contributed by atoms with Gasteiger partial charge in [-0.1, -0.05) is 42.0 Å². The number of carbonyl (C=O) groups excluding carboxylic acids is 2. The number of likely N-dealkylation sites (tertiary alicyclic amines) is 1. The SMILES string of the molecule is Cc1ccc(CN2CC(C(=O)NCc3ccc(S(=O)(=O)N(C)C(C)C)cc3)CC2=O)cc1. The van der Waals surface area contributed by atoms with Crippen molar-refractivity contribution < 1.29 is 18.0 Å². The normalized spacial score (nSPS) is 16.8. The molecule has 2 amide bonds. The summed E-state index contributed by atoms with van der Waals surface area (Å²) in [5, 5.41) is 2.87. The van der Waals surface area contributed by atoms with Crippen molar-refractivity contribution in [3.63, 3.8) is 0 Å². The fourth-order valence-electron chi connectivity index (χ4n) is 3.57. The Morgan fingerprint density at radius 3 is 2.28 bits per heavy atom. The lowest BCUT2D eigenvalue weighted by Crippen LogP contribution is -2.33. The van der Waals surface area contributed by atoms with Gasteiger partial charge in [-0.15, -0.1) is 0 Å². The van der Waals surface area contributed by atoms with Gasteiger partial charge in [-0.25, -0.2) is 8.42 Å². The van der Waals surface area contributed by atoms with Crippen molar-refractivity contribution in [2.24, 2.45) is 5.92 Å². The van der Waals surface area contributed by atoms with Gasteiger partial charge in [0.1, 0.15) is 0 Å². The minimum Gasteiger partial charge on any atom is -0.352 e. The number of carbonyl (C=O) groups is 2. The van der Waals surface area contributed by atoms with Crippen LogP contribution in [0.5, 0.6) is 0 Å². The fraction of sp³-hybridized carbons (Fsp3) is 0.417. The molecule has 3 rings (SSSR count). The molecule has 8 heteroatoms. The number of nitrogens with one attached hydrogen (secondary N) is 1. The van der Waals surface area contributed by atoms with Crippen molar-refractivity contribution in [1.29, 1.82) is 0 Å². The quantitative estimate of drug-likeness (QED) is 0.660. The lowest BCUT2D eigenvalue weighted by molar-refractivity contribution is -0.129. The third kappa shape index (κ3) is 5.55. The predicted octanol–water partition coefficient (Wildman–Crippen LogP) is 2.69. The summed E-state index contributed by atoms with van der Waals surface area (Å²) in [7, 11) is -1.98. The van der Waals surface area contributed by atoms with E-state index in [4.69, 9.17) is 0 Å². The number of hydrogen-bond acceptors (Lipinski definition) is 4. The number of benzene rings is 2. The summed E-state index contributed by atoms with van der Waals surface area (Å²) < 4.78 is 26.4. The number of sulfonamides is 1. The van der Waals surface area contributed by atoms with E-state index in [2.05, 4.69) is 5.32 Å². The molecule has 32 heavy (non-hydrogen) atoms. The van der Waals surface area contributed by atoms with E-state index in [0.717, 1.165) is 16.7 Å². The van der Waals surface area contributed by atoms with E-state index < -0.39 is 10.0 Å². The van der Waals surface area contributed by atoms with E-state index >= 15 is 0 Å². The van der Waals surface area contributed by atoms with Crippen molar-refractivity contribution in [1.82, 2.24) is 14.5 Å². The standard InChI is InChI=1S/C24H31N3O4S/c1-17(2)26(4)32(30,31)22-11-9-19(10-12-22)14-25-24(29)21-13-23(28)27(16-21)15-20-7-5-18(3)6-8-20/h5-12,17,21H,13-16H2,1-4H3,(H,25,29). The van der Waals surface area contributed by atoms with Gasteiger partial charge in [-0.05, 0) is 44.0 Å². The van der Waals surface area contributed by atoms with Crippen LogP contribution < -0.4 is 5.32 Å². The second-order valence-corrected chi connectivity index (χ2v) is 10.6. The Labute approximate surface area is 190 Å². The van der Waals surface area contributed by atoms with Crippen molar-refractivity contribution in [3.05, 3.63) is 65.2 Å². The number of rotatable bonds is 8. The molecule has 1 aliphatic heterocycles. The Hall–Kier alpha value is -2.71. The molecular weight excluding hydrogens is 426 g/mol. The molecule has 1 N–H and O–H groups in total. The molecule has 7 nitrogen and oxygen atoms in total. The first-order chi connectivity index (χ1) is 15.1. The first kappa shape index (κ1) is 23.9. The lowest BCUT2D eigenvalue weighted by Gasteiger charge is -2.21. The highest BCUT2D eigenvalue weighted by atomic mass is 32.2. The molecule has 1 heterocycles. The molecule has 172 valence electrons. The van der Waals surface area contributed by atoms with Crippen LogP contribution in [0, 0.1) is 12.8 Å². The monoisotopic (exact) mass is 457 g/mol. The molecular formula is C24H31N3O4S. The molecule has 0 aromatic heterocycles.